The van der Waals surface area contributed by atoms with E-state index in [1.807, 2.05) is 0 Å². The van der Waals surface area contributed by atoms with Crippen molar-refractivity contribution in [1.82, 2.24) is 0 Å². The number of hydrogen-bond donors (Lipinski definition) is 0. The van der Waals surface area contributed by atoms with Gasteiger partial charge in [0.25, 0.3) is 0 Å². The standard InChI is InChI=1S/C8H10Cl2/c9-7-4-5-1-2-6(3-5)8(7)10/h4-6,8H,1-3H2/t5-,6-,8+/m0/s1. The van der Waals surface area contributed by atoms with Gasteiger partial charge in [-0.15, -0.1) is 11.6 Å². The maximum atomic E-state index is 6.06. The molecule has 1 saturated carbocycles. The lowest BCUT2D eigenvalue weighted by Gasteiger charge is -2.20. The minimum absolute atomic E-state index is 0.125. The Bertz CT molecular complexity index is 174. The van der Waals surface area contributed by atoms with Gasteiger partial charge in [-0.25, -0.2) is 0 Å². The van der Waals surface area contributed by atoms with Crippen LogP contribution in [0.4, 0.5) is 0 Å². The number of rotatable bonds is 0. The summed E-state index contributed by atoms with van der Waals surface area (Å²) >= 11 is 12.0. The molecule has 0 nitrogen and oxygen atoms in total. The summed E-state index contributed by atoms with van der Waals surface area (Å²) in [6, 6.07) is 0. The van der Waals surface area contributed by atoms with Crippen molar-refractivity contribution in [3.8, 4) is 0 Å². The van der Waals surface area contributed by atoms with Crippen LogP contribution in [-0.2, 0) is 0 Å². The Hall–Kier alpha value is 0.320. The molecule has 0 aromatic heterocycles. The molecule has 3 atom stereocenters. The first-order valence-electron chi connectivity index (χ1n) is 3.78. The molecule has 10 heavy (non-hydrogen) atoms. The lowest BCUT2D eigenvalue weighted by atomic mass is 9.95. The van der Waals surface area contributed by atoms with Crippen LogP contribution in [0.15, 0.2) is 11.1 Å². The molecule has 2 heteroatoms. The van der Waals surface area contributed by atoms with Crippen LogP contribution in [-0.4, -0.2) is 5.38 Å². The molecule has 0 radical (unpaired) electrons. The van der Waals surface area contributed by atoms with E-state index in [0.717, 1.165) is 11.0 Å². The van der Waals surface area contributed by atoms with Crippen molar-refractivity contribution in [2.24, 2.45) is 11.8 Å². The monoisotopic (exact) mass is 176 g/mol. The molecular formula is C8H10Cl2. The molecule has 1 fully saturated rings. The lowest BCUT2D eigenvalue weighted by Crippen LogP contribution is -2.15. The molecule has 0 saturated heterocycles. The molecule has 0 aromatic rings. The van der Waals surface area contributed by atoms with Crippen LogP contribution in [0.5, 0.6) is 0 Å². The fourth-order valence-corrected chi connectivity index (χ4v) is 2.67. The van der Waals surface area contributed by atoms with Gasteiger partial charge in [0.15, 0.2) is 0 Å². The van der Waals surface area contributed by atoms with Gasteiger partial charge in [0.05, 0.1) is 5.38 Å². The van der Waals surface area contributed by atoms with Crippen LogP contribution in [0.3, 0.4) is 0 Å². The second-order valence-electron chi connectivity index (χ2n) is 3.29. The Morgan fingerprint density at radius 3 is 3.00 bits per heavy atom. The highest BCUT2D eigenvalue weighted by Gasteiger charge is 2.34. The summed E-state index contributed by atoms with van der Waals surface area (Å²) in [6.45, 7) is 0. The van der Waals surface area contributed by atoms with Gasteiger partial charge in [0, 0.05) is 5.03 Å². The average molecular weight is 177 g/mol. The molecule has 2 rings (SSSR count). The largest absolute Gasteiger partial charge is 0.117 e. The molecule has 0 unspecified atom stereocenters. The summed E-state index contributed by atoms with van der Waals surface area (Å²) in [4.78, 5) is 0. The number of halogens is 2. The summed E-state index contributed by atoms with van der Waals surface area (Å²) in [6.07, 6.45) is 5.97. The number of hydrogen-bond acceptors (Lipinski definition) is 0. The number of alkyl halides is 1. The van der Waals surface area contributed by atoms with E-state index >= 15 is 0 Å². The van der Waals surface area contributed by atoms with Gasteiger partial charge >= 0.3 is 0 Å². The quantitative estimate of drug-likeness (QED) is 0.498. The van der Waals surface area contributed by atoms with E-state index in [0.29, 0.717) is 5.92 Å². The topological polar surface area (TPSA) is 0 Å². The van der Waals surface area contributed by atoms with Crippen molar-refractivity contribution in [3.05, 3.63) is 11.1 Å². The third-order valence-electron chi connectivity index (χ3n) is 2.59. The van der Waals surface area contributed by atoms with Crippen molar-refractivity contribution in [2.45, 2.75) is 24.6 Å². The van der Waals surface area contributed by atoms with Gasteiger partial charge in [0.1, 0.15) is 0 Å². The number of allylic oxidation sites excluding steroid dienone is 2. The van der Waals surface area contributed by atoms with Crippen molar-refractivity contribution in [2.75, 3.05) is 0 Å². The molecule has 56 valence electrons. The van der Waals surface area contributed by atoms with Crippen LogP contribution in [0, 0.1) is 11.8 Å². The minimum Gasteiger partial charge on any atom is -0.117 e. The normalized spacial score (nSPS) is 45.4. The summed E-state index contributed by atoms with van der Waals surface area (Å²) in [5.41, 5.74) is 0. The molecule has 0 aromatic carbocycles. The van der Waals surface area contributed by atoms with Gasteiger partial charge in [-0.1, -0.05) is 17.7 Å². The number of fused-ring (bicyclic) bond motifs is 2. The van der Waals surface area contributed by atoms with Gasteiger partial charge in [-0.05, 0) is 31.1 Å². The third-order valence-corrected chi connectivity index (χ3v) is 3.65. The fraction of sp³-hybridized carbons (Fsp3) is 0.750. The molecule has 0 N–H and O–H groups in total. The Kier molecular flexibility index (Phi) is 1.69. The minimum atomic E-state index is 0.125. The predicted molar refractivity (Wildman–Crippen MR) is 44.4 cm³/mol. The van der Waals surface area contributed by atoms with Gasteiger partial charge in [-0.2, -0.15) is 0 Å². The van der Waals surface area contributed by atoms with E-state index in [2.05, 4.69) is 6.08 Å². The average Bonchev–Trinajstić information content (AvgIpc) is 2.29. The second-order valence-corrected chi connectivity index (χ2v) is 4.19. The Balaban J connectivity index is 2.25. The highest BCUT2D eigenvalue weighted by molar-refractivity contribution is 6.37. The Morgan fingerprint density at radius 2 is 2.20 bits per heavy atom. The van der Waals surface area contributed by atoms with Gasteiger partial charge in [0.2, 0.25) is 0 Å². The van der Waals surface area contributed by atoms with Crippen LogP contribution >= 0.6 is 23.2 Å². The highest BCUT2D eigenvalue weighted by Crippen LogP contribution is 2.44. The summed E-state index contributed by atoms with van der Waals surface area (Å²) < 4.78 is 0. The van der Waals surface area contributed by atoms with Crippen molar-refractivity contribution < 1.29 is 0 Å². The SMILES string of the molecule is ClC1=C[C@H]2CC[C@@H](C2)[C@H]1Cl. The highest BCUT2D eigenvalue weighted by atomic mass is 35.5. The van der Waals surface area contributed by atoms with E-state index in [-0.39, 0.29) is 5.38 Å². The van der Waals surface area contributed by atoms with Crippen LogP contribution in [0.25, 0.3) is 0 Å². The summed E-state index contributed by atoms with van der Waals surface area (Å²) in [5, 5.41) is 1.01. The maximum absolute atomic E-state index is 6.06. The smallest absolute Gasteiger partial charge is 0.0717 e. The van der Waals surface area contributed by atoms with E-state index < -0.39 is 0 Å². The van der Waals surface area contributed by atoms with Crippen molar-refractivity contribution in [3.63, 3.8) is 0 Å². The first-order chi connectivity index (χ1) is 4.77. The lowest BCUT2D eigenvalue weighted by molar-refractivity contribution is 0.520. The van der Waals surface area contributed by atoms with Crippen molar-refractivity contribution >= 4 is 23.2 Å². The molecule has 0 spiro atoms. The fourth-order valence-electron chi connectivity index (χ4n) is 2.01. The first-order valence-corrected chi connectivity index (χ1v) is 4.60. The van der Waals surface area contributed by atoms with Gasteiger partial charge in [-0.3, -0.25) is 0 Å². The maximum Gasteiger partial charge on any atom is 0.0717 e. The molecule has 2 aliphatic rings. The zero-order chi connectivity index (χ0) is 7.14. The molecular weight excluding hydrogens is 167 g/mol. The third kappa shape index (κ3) is 0.981. The van der Waals surface area contributed by atoms with Crippen molar-refractivity contribution in [1.29, 1.82) is 0 Å². The van der Waals surface area contributed by atoms with E-state index in [1.165, 1.54) is 19.3 Å². The zero-order valence-corrected chi connectivity index (χ0v) is 7.20. The summed E-state index contributed by atoms with van der Waals surface area (Å²) in [5.74, 6) is 1.41. The molecule has 2 bridgehead atoms. The molecule has 2 aliphatic carbocycles. The Morgan fingerprint density at radius 1 is 1.40 bits per heavy atom. The van der Waals surface area contributed by atoms with E-state index in [1.54, 1.807) is 0 Å². The second kappa shape index (κ2) is 2.42. The molecule has 0 amide bonds. The van der Waals surface area contributed by atoms with E-state index in [9.17, 15) is 0 Å². The van der Waals surface area contributed by atoms with Crippen LogP contribution < -0.4 is 0 Å². The summed E-state index contributed by atoms with van der Waals surface area (Å²) in [7, 11) is 0. The predicted octanol–water partition coefficient (Wildman–Crippen LogP) is 3.15. The molecule has 0 aliphatic heterocycles. The van der Waals surface area contributed by atoms with Gasteiger partial charge < -0.3 is 0 Å². The van der Waals surface area contributed by atoms with Crippen LogP contribution in [0.1, 0.15) is 19.3 Å². The van der Waals surface area contributed by atoms with E-state index in [4.69, 9.17) is 23.2 Å². The first kappa shape index (κ1) is 7.00. The zero-order valence-electron chi connectivity index (χ0n) is 5.69. The molecule has 0 heterocycles. The van der Waals surface area contributed by atoms with Crippen LogP contribution in [0.2, 0.25) is 0 Å². The Labute approximate surface area is 71.2 Å².